The molecule has 0 bridgehead atoms. The lowest BCUT2D eigenvalue weighted by Crippen LogP contribution is -2.34. The van der Waals surface area contributed by atoms with E-state index in [1.54, 1.807) is 18.5 Å². The molecule has 0 spiro atoms. The van der Waals surface area contributed by atoms with Crippen LogP contribution >= 0.6 is 11.3 Å². The van der Waals surface area contributed by atoms with Gasteiger partial charge in [0.15, 0.2) is 0 Å². The Morgan fingerprint density at radius 2 is 2.28 bits per heavy atom. The number of aliphatic hydroxyl groups excluding tert-OH is 1. The minimum absolute atomic E-state index is 0.0466. The highest BCUT2D eigenvalue weighted by Gasteiger charge is 2.12. The highest BCUT2D eigenvalue weighted by atomic mass is 32.1. The standard InChI is InChI=1S/C13H16N2O2S/c1-8(5-9(2)16)15-13(17)10-3-4-11-12(6-10)18-7-14-11/h3-4,6-9,16H,5H2,1-2H3,(H,15,17). The van der Waals surface area contributed by atoms with Gasteiger partial charge in [-0.15, -0.1) is 11.3 Å². The molecule has 0 saturated heterocycles. The van der Waals surface area contributed by atoms with Crippen molar-refractivity contribution >= 4 is 27.5 Å². The molecule has 0 aliphatic heterocycles. The quantitative estimate of drug-likeness (QED) is 0.889. The van der Waals surface area contributed by atoms with Gasteiger partial charge >= 0.3 is 0 Å². The summed E-state index contributed by atoms with van der Waals surface area (Å²) in [6.07, 6.45) is 0.137. The Kier molecular flexibility index (Phi) is 3.93. The number of carbonyl (C=O) groups is 1. The van der Waals surface area contributed by atoms with E-state index in [1.165, 1.54) is 11.3 Å². The molecular formula is C13H16N2O2S. The third-order valence-corrected chi connectivity index (χ3v) is 3.46. The van der Waals surface area contributed by atoms with Crippen molar-refractivity contribution in [3.8, 4) is 0 Å². The Balaban J connectivity index is 2.08. The van der Waals surface area contributed by atoms with E-state index in [2.05, 4.69) is 10.3 Å². The van der Waals surface area contributed by atoms with E-state index in [1.807, 2.05) is 19.1 Å². The number of carbonyl (C=O) groups excluding carboxylic acids is 1. The van der Waals surface area contributed by atoms with Crippen LogP contribution in [0.15, 0.2) is 23.7 Å². The van der Waals surface area contributed by atoms with Gasteiger partial charge in [-0.3, -0.25) is 4.79 Å². The van der Waals surface area contributed by atoms with Gasteiger partial charge in [-0.05, 0) is 38.5 Å². The van der Waals surface area contributed by atoms with E-state index < -0.39 is 6.10 Å². The zero-order valence-electron chi connectivity index (χ0n) is 10.4. The van der Waals surface area contributed by atoms with E-state index in [4.69, 9.17) is 0 Å². The van der Waals surface area contributed by atoms with Crippen LogP contribution in [0.5, 0.6) is 0 Å². The fraction of sp³-hybridized carbons (Fsp3) is 0.385. The summed E-state index contributed by atoms with van der Waals surface area (Å²) < 4.78 is 1.01. The van der Waals surface area contributed by atoms with Crippen molar-refractivity contribution in [3.63, 3.8) is 0 Å². The van der Waals surface area contributed by atoms with Crippen molar-refractivity contribution in [2.75, 3.05) is 0 Å². The predicted molar refractivity (Wildman–Crippen MR) is 72.8 cm³/mol. The second-order valence-corrected chi connectivity index (χ2v) is 5.38. The summed E-state index contributed by atoms with van der Waals surface area (Å²) in [5.41, 5.74) is 3.31. The molecule has 0 aliphatic carbocycles. The Labute approximate surface area is 110 Å². The van der Waals surface area contributed by atoms with Crippen LogP contribution in [-0.2, 0) is 0 Å². The third kappa shape index (κ3) is 3.05. The predicted octanol–water partition coefficient (Wildman–Crippen LogP) is 2.19. The van der Waals surface area contributed by atoms with Crippen molar-refractivity contribution in [1.82, 2.24) is 10.3 Å². The van der Waals surface area contributed by atoms with Gasteiger partial charge in [-0.1, -0.05) is 0 Å². The number of aromatic nitrogens is 1. The van der Waals surface area contributed by atoms with Crippen molar-refractivity contribution in [2.24, 2.45) is 0 Å². The first-order valence-electron chi connectivity index (χ1n) is 5.88. The molecule has 0 aliphatic rings. The number of benzene rings is 1. The molecule has 1 heterocycles. The molecule has 1 aromatic carbocycles. The monoisotopic (exact) mass is 264 g/mol. The average molecular weight is 264 g/mol. The zero-order valence-corrected chi connectivity index (χ0v) is 11.2. The maximum atomic E-state index is 12.0. The molecule has 2 rings (SSSR count). The maximum absolute atomic E-state index is 12.0. The minimum atomic E-state index is -0.413. The molecule has 5 heteroatoms. The number of hydrogen-bond acceptors (Lipinski definition) is 4. The second-order valence-electron chi connectivity index (χ2n) is 4.49. The van der Waals surface area contributed by atoms with Crippen LogP contribution in [0, 0.1) is 0 Å². The molecule has 18 heavy (non-hydrogen) atoms. The van der Waals surface area contributed by atoms with Crippen LogP contribution in [0.3, 0.4) is 0 Å². The second kappa shape index (κ2) is 5.46. The van der Waals surface area contributed by atoms with Gasteiger partial charge < -0.3 is 10.4 Å². The van der Waals surface area contributed by atoms with Crippen molar-refractivity contribution in [3.05, 3.63) is 29.3 Å². The number of aliphatic hydroxyl groups is 1. The molecule has 1 aromatic heterocycles. The number of thiazole rings is 1. The summed E-state index contributed by atoms with van der Waals surface area (Å²) in [6.45, 7) is 3.60. The number of rotatable bonds is 4. The summed E-state index contributed by atoms with van der Waals surface area (Å²) in [5.74, 6) is -0.113. The van der Waals surface area contributed by atoms with Crippen LogP contribution in [0.25, 0.3) is 10.2 Å². The van der Waals surface area contributed by atoms with E-state index in [9.17, 15) is 9.90 Å². The first-order valence-corrected chi connectivity index (χ1v) is 6.76. The molecule has 2 N–H and O–H groups in total. The number of fused-ring (bicyclic) bond motifs is 1. The van der Waals surface area contributed by atoms with Crippen molar-refractivity contribution < 1.29 is 9.90 Å². The molecule has 1 amide bonds. The largest absolute Gasteiger partial charge is 0.393 e. The Morgan fingerprint density at radius 3 is 3.00 bits per heavy atom. The van der Waals surface area contributed by atoms with Crippen LogP contribution < -0.4 is 5.32 Å². The maximum Gasteiger partial charge on any atom is 0.251 e. The fourth-order valence-corrected chi connectivity index (χ4v) is 2.59. The van der Waals surface area contributed by atoms with Gasteiger partial charge in [-0.25, -0.2) is 4.98 Å². The van der Waals surface area contributed by atoms with Gasteiger partial charge in [-0.2, -0.15) is 0 Å². The Bertz CT molecular complexity index is 551. The molecule has 2 unspecified atom stereocenters. The summed E-state index contributed by atoms with van der Waals surface area (Å²) >= 11 is 1.52. The van der Waals surface area contributed by atoms with E-state index in [0.717, 1.165) is 10.2 Å². The van der Waals surface area contributed by atoms with Gasteiger partial charge in [0, 0.05) is 11.6 Å². The van der Waals surface area contributed by atoms with E-state index in [0.29, 0.717) is 12.0 Å². The SMILES string of the molecule is CC(O)CC(C)NC(=O)c1ccc2ncsc2c1. The fourth-order valence-electron chi connectivity index (χ4n) is 1.87. The molecule has 96 valence electrons. The lowest BCUT2D eigenvalue weighted by Gasteiger charge is -2.15. The van der Waals surface area contributed by atoms with Gasteiger partial charge in [0.1, 0.15) is 0 Å². The van der Waals surface area contributed by atoms with Crippen LogP contribution in [0.2, 0.25) is 0 Å². The van der Waals surface area contributed by atoms with Crippen molar-refractivity contribution in [2.45, 2.75) is 32.4 Å². The molecule has 2 atom stereocenters. The molecule has 2 aromatic rings. The smallest absolute Gasteiger partial charge is 0.251 e. The lowest BCUT2D eigenvalue weighted by molar-refractivity contribution is 0.0923. The highest BCUT2D eigenvalue weighted by Crippen LogP contribution is 2.19. The van der Waals surface area contributed by atoms with Gasteiger partial charge in [0.05, 0.1) is 21.8 Å². The third-order valence-electron chi connectivity index (χ3n) is 2.67. The number of hydrogen-bond donors (Lipinski definition) is 2. The molecule has 0 radical (unpaired) electrons. The Hall–Kier alpha value is -1.46. The molecule has 0 fully saturated rings. The summed E-state index contributed by atoms with van der Waals surface area (Å²) in [6, 6.07) is 5.42. The topological polar surface area (TPSA) is 62.2 Å². The van der Waals surface area contributed by atoms with Gasteiger partial charge in [0.2, 0.25) is 0 Å². The minimum Gasteiger partial charge on any atom is -0.393 e. The summed E-state index contributed by atoms with van der Waals surface area (Å²) in [5, 5.41) is 12.1. The zero-order chi connectivity index (χ0) is 13.1. The van der Waals surface area contributed by atoms with Gasteiger partial charge in [0.25, 0.3) is 5.91 Å². The van der Waals surface area contributed by atoms with Crippen LogP contribution in [-0.4, -0.2) is 28.1 Å². The number of nitrogens with one attached hydrogen (secondary N) is 1. The van der Waals surface area contributed by atoms with Crippen LogP contribution in [0.1, 0.15) is 30.6 Å². The molecule has 4 nitrogen and oxygen atoms in total. The number of nitrogens with zero attached hydrogens (tertiary/aromatic N) is 1. The summed E-state index contributed by atoms with van der Waals surface area (Å²) in [7, 11) is 0. The van der Waals surface area contributed by atoms with Crippen molar-refractivity contribution in [1.29, 1.82) is 0 Å². The summed E-state index contributed by atoms with van der Waals surface area (Å²) in [4.78, 5) is 16.2. The lowest BCUT2D eigenvalue weighted by atomic mass is 10.1. The van der Waals surface area contributed by atoms with E-state index >= 15 is 0 Å². The molecular weight excluding hydrogens is 248 g/mol. The number of amides is 1. The average Bonchev–Trinajstić information content (AvgIpc) is 2.74. The molecule has 0 saturated carbocycles. The Morgan fingerprint density at radius 1 is 1.50 bits per heavy atom. The van der Waals surface area contributed by atoms with E-state index in [-0.39, 0.29) is 11.9 Å². The van der Waals surface area contributed by atoms with Crippen LogP contribution in [0.4, 0.5) is 0 Å². The highest BCUT2D eigenvalue weighted by molar-refractivity contribution is 7.16. The first-order chi connectivity index (χ1) is 8.56. The first kappa shape index (κ1) is 13.0. The normalized spacial score (nSPS) is 14.4.